The first-order chi connectivity index (χ1) is 21.8. The van der Waals surface area contributed by atoms with Gasteiger partial charge in [0, 0.05) is 30.5 Å². The third kappa shape index (κ3) is 9.46. The molecule has 14 heteroatoms. The van der Waals surface area contributed by atoms with Gasteiger partial charge in [-0.1, -0.05) is 55.7 Å². The zero-order valence-corrected chi connectivity index (χ0v) is 25.5. The minimum absolute atomic E-state index is 0.00867. The van der Waals surface area contributed by atoms with Crippen LogP contribution in [0.1, 0.15) is 56.6 Å². The molecule has 3 aromatic carbocycles. The van der Waals surface area contributed by atoms with Gasteiger partial charge >= 0.3 is 6.18 Å². The van der Waals surface area contributed by atoms with Crippen LogP contribution in [0.2, 0.25) is 0 Å². The van der Waals surface area contributed by atoms with Gasteiger partial charge in [0.1, 0.15) is 11.6 Å². The highest BCUT2D eigenvalue weighted by Crippen LogP contribution is 2.35. The van der Waals surface area contributed by atoms with Crippen molar-refractivity contribution in [1.82, 2.24) is 4.98 Å². The Hall–Kier alpha value is -4.59. The van der Waals surface area contributed by atoms with Crippen LogP contribution >= 0.6 is 11.3 Å². The molecule has 0 unspecified atom stereocenters. The lowest BCUT2D eigenvalue weighted by atomic mass is 9.89. The molecule has 0 spiro atoms. The van der Waals surface area contributed by atoms with Crippen molar-refractivity contribution < 1.29 is 41.1 Å². The van der Waals surface area contributed by atoms with Gasteiger partial charge in [-0.15, -0.1) is 0 Å². The van der Waals surface area contributed by atoms with E-state index in [1.54, 1.807) is 6.92 Å². The number of benzene rings is 3. The number of primary amides is 1. The van der Waals surface area contributed by atoms with E-state index in [0.717, 1.165) is 67.7 Å². The number of amides is 3. The first-order valence-corrected chi connectivity index (χ1v) is 15.3. The molecule has 0 bridgehead atoms. The molecule has 1 fully saturated rings. The Morgan fingerprint density at radius 2 is 1.70 bits per heavy atom. The quantitative estimate of drug-likeness (QED) is 0.165. The first kappa shape index (κ1) is 34.3. The number of nitrogens with zero attached hydrogens (tertiary/aromatic N) is 1. The number of aromatic nitrogens is 1. The average molecular weight is 663 g/mol. The summed E-state index contributed by atoms with van der Waals surface area (Å²) in [5.41, 5.74) is 3.90. The number of fused-ring (bicyclic) bond motifs is 1. The number of ether oxygens (including phenoxy) is 1. The van der Waals surface area contributed by atoms with E-state index in [4.69, 9.17) is 4.74 Å². The van der Waals surface area contributed by atoms with Crippen LogP contribution in [0.5, 0.6) is 11.5 Å². The van der Waals surface area contributed by atoms with Crippen LogP contribution in [-0.2, 0) is 27.0 Å². The van der Waals surface area contributed by atoms with Crippen LogP contribution in [0.15, 0.2) is 54.6 Å². The molecule has 0 atom stereocenters. The maximum atomic E-state index is 14.8. The van der Waals surface area contributed by atoms with E-state index in [1.165, 1.54) is 30.3 Å². The molecule has 4 aromatic rings. The van der Waals surface area contributed by atoms with Gasteiger partial charge in [-0.25, -0.2) is 13.8 Å². The van der Waals surface area contributed by atoms with E-state index in [0.29, 0.717) is 21.8 Å². The molecular weight excluding hydrogens is 631 g/mol. The molecule has 4 N–H and O–H groups in total. The summed E-state index contributed by atoms with van der Waals surface area (Å²) in [7, 11) is 0. The summed E-state index contributed by atoms with van der Waals surface area (Å²) in [4.78, 5) is 38.9. The second kappa shape index (κ2) is 15.1. The zero-order chi connectivity index (χ0) is 33.4. The van der Waals surface area contributed by atoms with Crippen molar-refractivity contribution >= 4 is 50.1 Å². The van der Waals surface area contributed by atoms with E-state index in [2.05, 4.69) is 21.4 Å². The number of anilines is 2. The smallest absolute Gasteiger partial charge is 0.416 e. The zero-order valence-electron chi connectivity index (χ0n) is 24.7. The minimum atomic E-state index is -4.56. The van der Waals surface area contributed by atoms with Crippen molar-refractivity contribution in [3.8, 4) is 11.5 Å². The molecule has 0 saturated heterocycles. The normalized spacial score (nSPS) is 13.4. The molecule has 1 aliphatic carbocycles. The molecule has 8 nitrogen and oxygen atoms in total. The lowest BCUT2D eigenvalue weighted by Crippen LogP contribution is -2.24. The number of hydrogen-bond acceptors (Lipinski definition) is 6. The number of nitrogens with two attached hydrogens (primary N) is 1. The number of hydrogen-bond donors (Lipinski definition) is 3. The number of nitrogens with one attached hydrogen (secondary N) is 2. The predicted octanol–water partition coefficient (Wildman–Crippen LogP) is 7.97. The summed E-state index contributed by atoms with van der Waals surface area (Å²) in [5.74, 6) is -2.89. The van der Waals surface area contributed by atoms with Crippen LogP contribution in [0.3, 0.4) is 0 Å². The summed E-state index contributed by atoms with van der Waals surface area (Å²) < 4.78 is 74.3. The van der Waals surface area contributed by atoms with Gasteiger partial charge in [0.05, 0.1) is 27.9 Å². The minimum Gasteiger partial charge on any atom is -0.454 e. The topological polar surface area (TPSA) is 123 Å². The van der Waals surface area contributed by atoms with Crippen molar-refractivity contribution in [2.45, 2.75) is 58.0 Å². The molecular formula is C32H31F5N4O4S. The Kier molecular flexibility index (Phi) is 11.3. The second-order valence-electron chi connectivity index (χ2n) is 10.6. The molecule has 244 valence electrons. The lowest BCUT2D eigenvalue weighted by Gasteiger charge is -2.19. The highest BCUT2D eigenvalue weighted by Gasteiger charge is 2.30. The Morgan fingerprint density at radius 1 is 0.978 bits per heavy atom. The van der Waals surface area contributed by atoms with Crippen molar-refractivity contribution in [3.05, 3.63) is 77.4 Å². The fourth-order valence-electron chi connectivity index (χ4n) is 4.66. The third-order valence-corrected chi connectivity index (χ3v) is 7.99. The van der Waals surface area contributed by atoms with Gasteiger partial charge in [0.2, 0.25) is 17.7 Å². The van der Waals surface area contributed by atoms with Crippen molar-refractivity contribution in [2.75, 3.05) is 10.6 Å². The number of thiazole rings is 1. The SMILES string of the molecule is CCC(N)=O.O=C(Cc1cccc(C(F)(F)F)c1)Nc1cc(Oc2cc3sc(NC(=O)C4CCCCC4)nc3cc2F)ccc1F. The molecule has 1 saturated carbocycles. The average Bonchev–Trinajstić information content (AvgIpc) is 3.40. The summed E-state index contributed by atoms with van der Waals surface area (Å²) in [6, 6.07) is 10.2. The number of alkyl halides is 3. The molecule has 0 radical (unpaired) electrons. The largest absolute Gasteiger partial charge is 0.454 e. The van der Waals surface area contributed by atoms with Gasteiger partial charge in [0.15, 0.2) is 16.7 Å². The second-order valence-corrected chi connectivity index (χ2v) is 11.6. The van der Waals surface area contributed by atoms with E-state index >= 15 is 0 Å². The Bertz CT molecular complexity index is 1720. The lowest BCUT2D eigenvalue weighted by molar-refractivity contribution is -0.137. The van der Waals surface area contributed by atoms with Crippen LogP contribution < -0.4 is 21.1 Å². The molecule has 0 aliphatic heterocycles. The number of carbonyl (C=O) groups excluding carboxylic acids is 3. The van der Waals surface area contributed by atoms with Gasteiger partial charge in [-0.3, -0.25) is 14.4 Å². The molecule has 46 heavy (non-hydrogen) atoms. The Labute approximate surface area is 265 Å². The third-order valence-electron chi connectivity index (χ3n) is 7.06. The van der Waals surface area contributed by atoms with Crippen LogP contribution in [0.4, 0.5) is 32.8 Å². The first-order valence-electron chi connectivity index (χ1n) is 14.4. The fraction of sp³-hybridized carbons (Fsp3) is 0.312. The summed E-state index contributed by atoms with van der Waals surface area (Å²) >= 11 is 1.16. The standard InChI is InChI=1S/C29H24F5N3O3S.C3H7NO/c30-20-10-9-19(13-22(20)35-26(38)12-16-5-4-8-18(11-16)29(32,33)34)40-24-15-25-23(14-21(24)31)36-28(41-25)37-27(39)17-6-2-1-3-7-17;1-2-3(4)5/h4-5,8-11,13-15,17H,1-3,6-7,12H2,(H,35,38)(H,36,37,39);2H2,1H3,(H2,4,5). The van der Waals surface area contributed by atoms with Crippen LogP contribution in [-0.4, -0.2) is 22.7 Å². The van der Waals surface area contributed by atoms with Crippen LogP contribution in [0.25, 0.3) is 10.2 Å². The predicted molar refractivity (Wildman–Crippen MR) is 165 cm³/mol. The Morgan fingerprint density at radius 3 is 2.37 bits per heavy atom. The summed E-state index contributed by atoms with van der Waals surface area (Å²) in [6.07, 6.45) is 0.248. The maximum Gasteiger partial charge on any atom is 0.416 e. The van der Waals surface area contributed by atoms with Crippen molar-refractivity contribution in [3.63, 3.8) is 0 Å². The summed E-state index contributed by atoms with van der Waals surface area (Å²) in [5, 5.41) is 5.48. The van der Waals surface area contributed by atoms with Gasteiger partial charge in [-0.05, 0) is 36.6 Å². The molecule has 3 amide bonds. The van der Waals surface area contributed by atoms with E-state index in [9.17, 15) is 36.3 Å². The monoisotopic (exact) mass is 662 g/mol. The maximum absolute atomic E-state index is 14.8. The van der Waals surface area contributed by atoms with E-state index in [-0.39, 0.29) is 40.5 Å². The molecule has 1 aromatic heterocycles. The number of carbonyl (C=O) groups is 3. The molecule has 1 heterocycles. The highest BCUT2D eigenvalue weighted by molar-refractivity contribution is 7.22. The van der Waals surface area contributed by atoms with E-state index < -0.39 is 35.7 Å². The van der Waals surface area contributed by atoms with E-state index in [1.807, 2.05) is 0 Å². The Balaban J connectivity index is 0.000000892. The van der Waals surface area contributed by atoms with Gasteiger partial charge in [0.25, 0.3) is 0 Å². The van der Waals surface area contributed by atoms with Crippen LogP contribution in [0, 0.1) is 17.6 Å². The summed E-state index contributed by atoms with van der Waals surface area (Å²) in [6.45, 7) is 1.72. The van der Waals surface area contributed by atoms with Crippen molar-refractivity contribution in [1.29, 1.82) is 0 Å². The number of rotatable bonds is 8. The van der Waals surface area contributed by atoms with Gasteiger partial charge in [-0.2, -0.15) is 13.2 Å². The molecule has 5 rings (SSSR count). The van der Waals surface area contributed by atoms with Gasteiger partial charge < -0.3 is 21.1 Å². The molecule has 1 aliphatic rings. The van der Waals surface area contributed by atoms with Crippen molar-refractivity contribution in [2.24, 2.45) is 11.7 Å². The highest BCUT2D eigenvalue weighted by atomic mass is 32.1. The fourth-order valence-corrected chi connectivity index (χ4v) is 5.54. The number of halogens is 5.